The van der Waals surface area contributed by atoms with Gasteiger partial charge in [-0.1, -0.05) is 0 Å². The number of aryl methyl sites for hydroxylation is 3. The second kappa shape index (κ2) is 5.63. The van der Waals surface area contributed by atoms with E-state index < -0.39 is 0 Å². The molecule has 1 aliphatic carbocycles. The molecule has 25 heavy (non-hydrogen) atoms. The molecule has 0 unspecified atom stereocenters. The summed E-state index contributed by atoms with van der Waals surface area (Å²) in [4.78, 5) is 17.7. The molecule has 1 fully saturated rings. The van der Waals surface area contributed by atoms with E-state index in [4.69, 9.17) is 4.98 Å². The maximum Gasteiger partial charge on any atom is 0.257 e. The van der Waals surface area contributed by atoms with Gasteiger partial charge < -0.3 is 5.32 Å². The van der Waals surface area contributed by atoms with Crippen LogP contribution in [0.3, 0.4) is 0 Å². The van der Waals surface area contributed by atoms with Crippen molar-refractivity contribution < 1.29 is 4.79 Å². The van der Waals surface area contributed by atoms with Gasteiger partial charge in [0.2, 0.25) is 0 Å². The molecule has 3 aromatic heterocycles. The van der Waals surface area contributed by atoms with E-state index in [0.29, 0.717) is 33.4 Å². The molecule has 4 rings (SSSR count). The van der Waals surface area contributed by atoms with Gasteiger partial charge in [-0.25, -0.2) is 4.98 Å². The van der Waals surface area contributed by atoms with Crippen LogP contribution < -0.4 is 5.32 Å². The Balaban J connectivity index is 1.82. The van der Waals surface area contributed by atoms with Crippen molar-refractivity contribution in [3.05, 3.63) is 34.3 Å². The van der Waals surface area contributed by atoms with Gasteiger partial charge in [0.05, 0.1) is 22.3 Å². The topological polar surface area (TPSA) is 96.5 Å². The molecule has 0 aromatic carbocycles. The van der Waals surface area contributed by atoms with Crippen LogP contribution in [-0.2, 0) is 7.05 Å². The highest BCUT2D eigenvalue weighted by Crippen LogP contribution is 2.40. The summed E-state index contributed by atoms with van der Waals surface area (Å²) in [7, 11) is 1.83. The fraction of sp³-hybridized carbons (Fsp3) is 0.353. The summed E-state index contributed by atoms with van der Waals surface area (Å²) in [6.07, 6.45) is 2.20. The third kappa shape index (κ3) is 2.57. The standard InChI is InChI=1S/C17H16N6OS/c1-8-12(7-18)17(25-22-8)20-16(24)11-6-13(10-4-5-10)19-15-14(11)9(2)21-23(15)3/h6,10H,4-5H2,1-3H3,(H,20,24). The van der Waals surface area contributed by atoms with Crippen LogP contribution in [0.1, 0.15) is 51.8 Å². The molecular formula is C17H16N6OS. The van der Waals surface area contributed by atoms with E-state index in [1.807, 2.05) is 20.0 Å². The lowest BCUT2D eigenvalue weighted by Gasteiger charge is -2.08. The number of amides is 1. The van der Waals surface area contributed by atoms with Crippen molar-refractivity contribution in [3.8, 4) is 6.07 Å². The number of anilines is 1. The van der Waals surface area contributed by atoms with Gasteiger partial charge in [0.1, 0.15) is 16.6 Å². The monoisotopic (exact) mass is 352 g/mol. The number of nitrogens with one attached hydrogen (secondary N) is 1. The number of pyridine rings is 1. The van der Waals surface area contributed by atoms with E-state index in [-0.39, 0.29) is 5.91 Å². The molecule has 3 aromatic rings. The van der Waals surface area contributed by atoms with Crippen LogP contribution in [0.4, 0.5) is 5.00 Å². The summed E-state index contributed by atoms with van der Waals surface area (Å²) in [5.74, 6) is 0.164. The van der Waals surface area contributed by atoms with Crippen molar-refractivity contribution in [2.24, 2.45) is 7.05 Å². The molecule has 0 saturated heterocycles. The van der Waals surface area contributed by atoms with Gasteiger partial charge in [0, 0.05) is 18.7 Å². The second-order valence-electron chi connectivity index (χ2n) is 6.31. The molecule has 1 amide bonds. The third-order valence-electron chi connectivity index (χ3n) is 4.43. The first-order chi connectivity index (χ1) is 12.0. The zero-order valence-electron chi connectivity index (χ0n) is 14.1. The van der Waals surface area contributed by atoms with Gasteiger partial charge in [-0.2, -0.15) is 14.7 Å². The lowest BCUT2D eigenvalue weighted by molar-refractivity contribution is 0.102. The Kier molecular flexibility index (Phi) is 3.54. The molecular weight excluding hydrogens is 336 g/mol. The number of fused-ring (bicyclic) bond motifs is 1. The van der Waals surface area contributed by atoms with E-state index in [0.717, 1.165) is 41.1 Å². The molecule has 1 N–H and O–H groups in total. The van der Waals surface area contributed by atoms with Gasteiger partial charge in [-0.05, 0) is 44.3 Å². The van der Waals surface area contributed by atoms with Crippen LogP contribution in [0.15, 0.2) is 6.07 Å². The second-order valence-corrected chi connectivity index (χ2v) is 7.09. The Morgan fingerprint density at radius 2 is 2.16 bits per heavy atom. The van der Waals surface area contributed by atoms with Crippen molar-refractivity contribution in [1.82, 2.24) is 19.1 Å². The zero-order valence-corrected chi connectivity index (χ0v) is 14.9. The summed E-state index contributed by atoms with van der Waals surface area (Å²) in [5.41, 5.74) is 3.99. The smallest absolute Gasteiger partial charge is 0.257 e. The largest absolute Gasteiger partial charge is 0.311 e. The van der Waals surface area contributed by atoms with Crippen molar-refractivity contribution in [2.45, 2.75) is 32.6 Å². The molecule has 3 heterocycles. The molecule has 126 valence electrons. The van der Waals surface area contributed by atoms with E-state index in [2.05, 4.69) is 20.9 Å². The Morgan fingerprint density at radius 1 is 1.40 bits per heavy atom. The summed E-state index contributed by atoms with van der Waals surface area (Å²) < 4.78 is 5.86. The Bertz CT molecular complexity index is 1050. The number of hydrogen-bond donors (Lipinski definition) is 1. The Labute approximate surface area is 148 Å². The van der Waals surface area contributed by atoms with Gasteiger partial charge >= 0.3 is 0 Å². The number of rotatable bonds is 3. The predicted octanol–water partition coefficient (Wildman–Crippen LogP) is 3.04. The molecule has 0 aliphatic heterocycles. The summed E-state index contributed by atoms with van der Waals surface area (Å²) in [6.45, 7) is 3.63. The maximum absolute atomic E-state index is 13.0. The van der Waals surface area contributed by atoms with Crippen LogP contribution in [0.25, 0.3) is 11.0 Å². The third-order valence-corrected chi connectivity index (χ3v) is 5.28. The number of hydrogen-bond acceptors (Lipinski definition) is 6. The molecule has 0 radical (unpaired) electrons. The highest BCUT2D eigenvalue weighted by Gasteiger charge is 2.28. The average Bonchev–Trinajstić information content (AvgIpc) is 3.32. The highest BCUT2D eigenvalue weighted by molar-refractivity contribution is 7.10. The molecule has 1 aliphatic rings. The first-order valence-corrected chi connectivity index (χ1v) is 8.79. The quantitative estimate of drug-likeness (QED) is 0.781. The van der Waals surface area contributed by atoms with Crippen LogP contribution in [0.5, 0.6) is 0 Å². The zero-order chi connectivity index (χ0) is 17.7. The fourth-order valence-corrected chi connectivity index (χ4v) is 3.73. The van der Waals surface area contributed by atoms with Crippen molar-refractivity contribution in [3.63, 3.8) is 0 Å². The van der Waals surface area contributed by atoms with E-state index in [1.54, 1.807) is 11.6 Å². The van der Waals surface area contributed by atoms with Crippen LogP contribution >= 0.6 is 11.5 Å². The normalized spacial score (nSPS) is 13.8. The minimum absolute atomic E-state index is 0.259. The lowest BCUT2D eigenvalue weighted by atomic mass is 10.1. The molecule has 7 nitrogen and oxygen atoms in total. The number of carbonyl (C=O) groups excluding carboxylic acids is 1. The summed E-state index contributed by atoms with van der Waals surface area (Å²) in [5, 5.41) is 17.7. The molecule has 0 bridgehead atoms. The number of nitriles is 1. The van der Waals surface area contributed by atoms with E-state index in [1.165, 1.54) is 0 Å². The lowest BCUT2D eigenvalue weighted by Crippen LogP contribution is -2.13. The van der Waals surface area contributed by atoms with Crippen molar-refractivity contribution in [2.75, 3.05) is 5.32 Å². The number of aromatic nitrogens is 4. The first-order valence-electron chi connectivity index (χ1n) is 8.01. The average molecular weight is 352 g/mol. The van der Waals surface area contributed by atoms with Gasteiger partial charge in [-0.3, -0.25) is 9.48 Å². The van der Waals surface area contributed by atoms with Crippen molar-refractivity contribution >= 4 is 33.5 Å². The Morgan fingerprint density at radius 3 is 2.84 bits per heavy atom. The van der Waals surface area contributed by atoms with Gasteiger partial charge in [-0.15, -0.1) is 0 Å². The van der Waals surface area contributed by atoms with E-state index in [9.17, 15) is 10.1 Å². The Hall–Kier alpha value is -2.79. The minimum Gasteiger partial charge on any atom is -0.311 e. The van der Waals surface area contributed by atoms with Crippen LogP contribution in [0.2, 0.25) is 0 Å². The number of nitrogens with zero attached hydrogens (tertiary/aromatic N) is 5. The minimum atomic E-state index is -0.259. The van der Waals surface area contributed by atoms with Gasteiger partial charge in [0.15, 0.2) is 5.65 Å². The van der Waals surface area contributed by atoms with Crippen LogP contribution in [0, 0.1) is 25.2 Å². The van der Waals surface area contributed by atoms with E-state index >= 15 is 0 Å². The van der Waals surface area contributed by atoms with Gasteiger partial charge in [0.25, 0.3) is 5.91 Å². The van der Waals surface area contributed by atoms with Crippen LogP contribution in [-0.4, -0.2) is 25.0 Å². The molecule has 1 saturated carbocycles. The highest BCUT2D eigenvalue weighted by atomic mass is 32.1. The molecule has 0 atom stereocenters. The summed E-state index contributed by atoms with van der Waals surface area (Å²) in [6, 6.07) is 3.96. The maximum atomic E-state index is 13.0. The fourth-order valence-electron chi connectivity index (χ4n) is 2.99. The SMILES string of the molecule is Cc1nsc(NC(=O)c2cc(C3CC3)nc3c2c(C)nn3C)c1C#N. The number of carbonyl (C=O) groups is 1. The summed E-state index contributed by atoms with van der Waals surface area (Å²) >= 11 is 1.12. The predicted molar refractivity (Wildman–Crippen MR) is 94.7 cm³/mol. The van der Waals surface area contributed by atoms with Crippen molar-refractivity contribution in [1.29, 1.82) is 5.26 Å². The molecule has 8 heteroatoms. The molecule has 0 spiro atoms. The first kappa shape index (κ1) is 15.7.